The number of carbonyl (C=O) groups is 6. The zero-order valence-electron chi connectivity index (χ0n) is 89.4. The predicted molar refractivity (Wildman–Crippen MR) is 530 cm³/mol. The highest BCUT2D eigenvalue weighted by molar-refractivity contribution is 5.74. The van der Waals surface area contributed by atoms with Gasteiger partial charge in [-0.05, 0) is 258 Å². The first-order valence-electron chi connectivity index (χ1n) is 47.6. The molecule has 0 saturated heterocycles. The fourth-order valence-corrected chi connectivity index (χ4v) is 16.4. The van der Waals surface area contributed by atoms with Crippen LogP contribution in [0.4, 0.5) is 28.8 Å². The van der Waals surface area contributed by atoms with Crippen molar-refractivity contribution in [1.82, 2.24) is 0 Å². The Kier molecular flexibility index (Phi) is 34.3. The lowest BCUT2D eigenvalue weighted by Gasteiger charge is -2.39. The number of hydrogen-bond acceptors (Lipinski definition) is 18. The van der Waals surface area contributed by atoms with E-state index in [2.05, 4.69) is 260 Å². The van der Waals surface area contributed by atoms with Gasteiger partial charge in [0.25, 0.3) is 0 Å². The number of aryl methyl sites for hydroxylation is 2. The van der Waals surface area contributed by atoms with Crippen molar-refractivity contribution >= 4 is 36.9 Å². The molecule has 0 aromatic heterocycles. The summed E-state index contributed by atoms with van der Waals surface area (Å²) in [5, 5.41) is 0. The molecule has 0 aliphatic heterocycles. The molecule has 0 saturated carbocycles. The van der Waals surface area contributed by atoms with E-state index < -0.39 is 114 Å². The molecular formula is C113H168O18. The SMILES string of the molecule is CCc1cc(Cc2cc(CC)cc(C(C)(C)CC(C)(C)c3cc(C(C)CC)cc(C(C)c4cc(C(C)CC)cc(C(C)(C)CCC(C)(C)c5cc(C(C)(C)C)cc(Cc6cc(C(C)(C)C)cc(C(C)(C)C)c6OC(=O)OC(C)(C)C)c5OC(=O)OC(C)(C)C)c4OC(=O)OC(C)(C)C)c3OC(=O)OC(C)(C)C)c2OC(=O)OC(C)(C)C)c(OC(=O)OC(C)(C)C)c(C(C)(C)C)c1. The van der Waals surface area contributed by atoms with Gasteiger partial charge in [-0.25, -0.2) is 28.8 Å². The van der Waals surface area contributed by atoms with E-state index in [9.17, 15) is 19.2 Å². The monoisotopic (exact) mass is 1810 g/mol. The predicted octanol–water partition coefficient (Wildman–Crippen LogP) is 31.9. The van der Waals surface area contributed by atoms with Crippen LogP contribution >= 0.6 is 0 Å². The van der Waals surface area contributed by atoms with Gasteiger partial charge in [0.1, 0.15) is 68.1 Å². The maximum Gasteiger partial charge on any atom is 0.514 e. The van der Waals surface area contributed by atoms with Crippen LogP contribution in [0.15, 0.2) is 72.8 Å². The smallest absolute Gasteiger partial charge is 0.428 e. The first-order valence-corrected chi connectivity index (χ1v) is 47.6. The van der Waals surface area contributed by atoms with Gasteiger partial charge in [-0.1, -0.05) is 260 Å². The second kappa shape index (κ2) is 40.6. The lowest BCUT2D eigenvalue weighted by molar-refractivity contribution is 0.0183. The number of hydrogen-bond donors (Lipinski definition) is 0. The molecule has 0 fully saturated rings. The second-order valence-corrected chi connectivity index (χ2v) is 49.3. The van der Waals surface area contributed by atoms with Crippen LogP contribution in [-0.4, -0.2) is 70.5 Å². The molecule has 3 atom stereocenters. The average Bonchev–Trinajstić information content (AvgIpc) is 0.747. The largest absolute Gasteiger partial charge is 0.514 e. The molecule has 6 rings (SSSR count). The quantitative estimate of drug-likeness (QED) is 0.0266. The first kappa shape index (κ1) is 111. The highest BCUT2D eigenvalue weighted by atomic mass is 16.8. The molecule has 0 spiro atoms. The summed E-state index contributed by atoms with van der Waals surface area (Å²) in [6.45, 7) is 90.0. The standard InChI is InChI=1S/C113H168O18/c1-46-67(5)72-60-80(92(124-98(118)130-108(32,33)34)85(62-72)110(38,39)50-51-111(40,41)87-65-79(101(11,12)13)59-77(91(87)123-97(117)129-107(29,30)31)57-76-58-78(100(8,9)10)64-83(103(17,18)19)89(76)121-95(115)127-105(23,24)25)69(7)81-61-73(68(6)47-2)63-86(93(81)125-99(119)131-109(35,36)37)113(44,45)66-112(42,43)84-55-71(49-4)53-75(90(84)122-96(116)128-106(26,27)28)56-74-52-70(48-3)54-82(102(14,15)16)88(74)120-94(114)126-104(20,21)22/h52-55,58-65,67-69H,46-51,56-57,66H2,1-45H3. The summed E-state index contributed by atoms with van der Waals surface area (Å²) < 4.78 is 76.3. The van der Waals surface area contributed by atoms with Gasteiger partial charge in [-0.2, -0.15) is 0 Å². The topological polar surface area (TPSA) is 213 Å². The fourth-order valence-electron chi connectivity index (χ4n) is 16.4. The molecule has 0 radical (unpaired) electrons. The van der Waals surface area contributed by atoms with Crippen molar-refractivity contribution in [1.29, 1.82) is 0 Å². The summed E-state index contributed by atoms with van der Waals surface area (Å²) in [6.07, 6.45) is -0.931. The van der Waals surface area contributed by atoms with Gasteiger partial charge >= 0.3 is 36.9 Å². The van der Waals surface area contributed by atoms with Crippen LogP contribution in [0.3, 0.4) is 0 Å². The Morgan fingerprint density at radius 2 is 0.489 bits per heavy atom. The van der Waals surface area contributed by atoms with Gasteiger partial charge in [0.2, 0.25) is 0 Å². The Labute approximate surface area is 789 Å². The van der Waals surface area contributed by atoms with Gasteiger partial charge in [0.15, 0.2) is 0 Å². The Balaban J connectivity index is 1.74. The van der Waals surface area contributed by atoms with Crippen LogP contribution in [-0.2, 0) is 97.4 Å². The molecule has 18 heteroatoms. The lowest BCUT2D eigenvalue weighted by Crippen LogP contribution is -2.33. The Morgan fingerprint density at radius 1 is 0.260 bits per heavy atom. The Bertz CT molecular complexity index is 5080. The molecule has 3 unspecified atom stereocenters. The summed E-state index contributed by atoms with van der Waals surface area (Å²) >= 11 is 0. The number of rotatable bonds is 27. The maximum absolute atomic E-state index is 15.1. The first-order chi connectivity index (χ1) is 59.1. The molecule has 0 amide bonds. The van der Waals surface area contributed by atoms with Crippen LogP contribution in [0.25, 0.3) is 0 Å². The van der Waals surface area contributed by atoms with Crippen molar-refractivity contribution in [3.05, 3.63) is 173 Å². The summed E-state index contributed by atoms with van der Waals surface area (Å²) in [6, 6.07) is 25.4. The summed E-state index contributed by atoms with van der Waals surface area (Å²) in [7, 11) is 0. The highest BCUT2D eigenvalue weighted by Gasteiger charge is 2.44. The van der Waals surface area contributed by atoms with Crippen LogP contribution < -0.4 is 28.4 Å². The third-order valence-electron chi connectivity index (χ3n) is 23.9. The summed E-state index contributed by atoms with van der Waals surface area (Å²) in [4.78, 5) is 87.7. The van der Waals surface area contributed by atoms with E-state index in [-0.39, 0.29) is 41.6 Å². The van der Waals surface area contributed by atoms with Gasteiger partial charge < -0.3 is 56.8 Å². The lowest BCUT2D eigenvalue weighted by atomic mass is 9.66. The van der Waals surface area contributed by atoms with Crippen LogP contribution in [0, 0.1) is 0 Å². The van der Waals surface area contributed by atoms with Crippen LogP contribution in [0.1, 0.15) is 462 Å². The minimum atomic E-state index is -0.990. The number of benzene rings is 6. The van der Waals surface area contributed by atoms with Crippen molar-refractivity contribution in [3.8, 4) is 34.5 Å². The maximum atomic E-state index is 15.1. The van der Waals surface area contributed by atoms with Crippen LogP contribution in [0.5, 0.6) is 34.5 Å². The molecule has 0 bridgehead atoms. The second-order valence-electron chi connectivity index (χ2n) is 49.3. The minimum absolute atomic E-state index is 0.0288. The summed E-state index contributed by atoms with van der Waals surface area (Å²) in [5.74, 6) is 1.09. The highest BCUT2D eigenvalue weighted by Crippen LogP contribution is 2.55. The number of carbonyl (C=O) groups excluding carboxylic acids is 6. The third-order valence-corrected chi connectivity index (χ3v) is 23.9. The van der Waals surface area contributed by atoms with E-state index in [1.165, 1.54) is 0 Å². The molecule has 0 N–H and O–H groups in total. The van der Waals surface area contributed by atoms with Gasteiger partial charge in [-0.3, -0.25) is 0 Å². The summed E-state index contributed by atoms with van der Waals surface area (Å²) in [5.41, 5.74) is 3.47. The molecule has 728 valence electrons. The Hall–Kier alpha value is -9.06. The molecule has 0 aliphatic carbocycles. The van der Waals surface area contributed by atoms with Crippen LogP contribution in [0.2, 0.25) is 0 Å². The van der Waals surface area contributed by atoms with Crippen molar-refractivity contribution in [2.75, 3.05) is 0 Å². The van der Waals surface area contributed by atoms with E-state index in [1.807, 2.05) is 0 Å². The third kappa shape index (κ3) is 31.3. The van der Waals surface area contributed by atoms with E-state index in [0.717, 1.165) is 68.5 Å². The van der Waals surface area contributed by atoms with Gasteiger partial charge in [0, 0.05) is 85.5 Å². The zero-order valence-corrected chi connectivity index (χ0v) is 89.4. The number of ether oxygens (including phenoxy) is 12. The minimum Gasteiger partial charge on any atom is -0.428 e. The van der Waals surface area contributed by atoms with E-state index >= 15 is 9.59 Å². The van der Waals surface area contributed by atoms with Crippen molar-refractivity contribution in [2.45, 2.75) is 464 Å². The normalized spacial score (nSPS) is 13.9. The zero-order chi connectivity index (χ0) is 100. The fraction of sp³-hybridized carbons (Fsp3) is 0.628. The Morgan fingerprint density at radius 3 is 0.748 bits per heavy atom. The van der Waals surface area contributed by atoms with Crippen molar-refractivity contribution < 1.29 is 85.6 Å². The van der Waals surface area contributed by atoms with E-state index in [1.54, 1.807) is 125 Å². The molecule has 131 heavy (non-hydrogen) atoms. The molecule has 0 aliphatic rings. The molecule has 6 aromatic carbocycles. The molecule has 18 nitrogen and oxygen atoms in total. The van der Waals surface area contributed by atoms with E-state index in [4.69, 9.17) is 56.8 Å². The van der Waals surface area contributed by atoms with E-state index in [0.29, 0.717) is 99.6 Å². The molecular weight excluding hydrogens is 1650 g/mol. The van der Waals surface area contributed by atoms with Crippen molar-refractivity contribution in [2.24, 2.45) is 0 Å². The molecule has 6 aromatic rings. The van der Waals surface area contributed by atoms with Crippen molar-refractivity contribution in [3.63, 3.8) is 0 Å². The molecule has 0 heterocycles. The average molecular weight is 1810 g/mol. The van der Waals surface area contributed by atoms with Gasteiger partial charge in [-0.15, -0.1) is 0 Å². The van der Waals surface area contributed by atoms with Gasteiger partial charge in [0.05, 0.1) is 0 Å².